The van der Waals surface area contributed by atoms with Crippen LogP contribution in [-0.2, 0) is 11.3 Å². The molecule has 2 rings (SSSR count). The van der Waals surface area contributed by atoms with E-state index in [1.54, 1.807) is 14.2 Å². The second-order valence-electron chi connectivity index (χ2n) is 4.59. The topological polar surface area (TPSA) is 41.6 Å². The molecule has 1 fully saturated rings. The van der Waals surface area contributed by atoms with Gasteiger partial charge in [0.15, 0.2) is 0 Å². The normalized spacial score (nSPS) is 13.6. The van der Waals surface area contributed by atoms with Crippen molar-refractivity contribution in [2.24, 2.45) is 0 Å². The highest BCUT2D eigenvalue weighted by Gasteiger charge is 2.32. The summed E-state index contributed by atoms with van der Waals surface area (Å²) in [5.74, 6) is 1.01. The van der Waals surface area contributed by atoms with Crippen LogP contribution in [0.5, 0.6) is 5.75 Å². The number of ether oxygens (including phenoxy) is 1. The fourth-order valence-electron chi connectivity index (χ4n) is 2.08. The molecule has 0 radical (unpaired) electrons. The van der Waals surface area contributed by atoms with Crippen molar-refractivity contribution in [3.8, 4) is 5.75 Å². The molecule has 0 aliphatic heterocycles. The van der Waals surface area contributed by atoms with Gasteiger partial charge in [-0.25, -0.2) is 0 Å². The summed E-state index contributed by atoms with van der Waals surface area (Å²) in [4.78, 5) is 14.0. The number of likely N-dealkylation sites (N-methyl/N-ethyl adjacent to an activating group) is 1. The summed E-state index contributed by atoms with van der Waals surface area (Å²) >= 11 is 0. The SMILES string of the molecule is CNCC(=O)N(Cc1ccccc1OC)C1CC1.Cl. The van der Waals surface area contributed by atoms with Crippen molar-refractivity contribution in [2.75, 3.05) is 20.7 Å². The fourth-order valence-corrected chi connectivity index (χ4v) is 2.08. The molecule has 4 nitrogen and oxygen atoms in total. The Morgan fingerprint density at radius 1 is 1.42 bits per heavy atom. The maximum Gasteiger partial charge on any atom is 0.237 e. The molecule has 0 bridgehead atoms. The molecule has 1 aliphatic rings. The van der Waals surface area contributed by atoms with E-state index < -0.39 is 0 Å². The van der Waals surface area contributed by atoms with E-state index in [4.69, 9.17) is 4.74 Å². The summed E-state index contributed by atoms with van der Waals surface area (Å²) < 4.78 is 5.33. The van der Waals surface area contributed by atoms with Gasteiger partial charge in [0.25, 0.3) is 0 Å². The molecule has 1 aliphatic carbocycles. The molecule has 0 unspecified atom stereocenters. The van der Waals surface area contributed by atoms with Crippen LogP contribution in [0, 0.1) is 0 Å². The van der Waals surface area contributed by atoms with Gasteiger partial charge in [-0.05, 0) is 26.0 Å². The average Bonchev–Trinajstić information content (AvgIpc) is 3.21. The Morgan fingerprint density at radius 3 is 2.68 bits per heavy atom. The molecule has 0 heterocycles. The Bertz CT molecular complexity index is 422. The number of para-hydroxylation sites is 1. The number of halogens is 1. The van der Waals surface area contributed by atoms with E-state index in [0.29, 0.717) is 19.1 Å². The highest BCUT2D eigenvalue weighted by molar-refractivity contribution is 5.85. The van der Waals surface area contributed by atoms with Crippen molar-refractivity contribution >= 4 is 18.3 Å². The molecule has 1 aromatic rings. The highest BCUT2D eigenvalue weighted by atomic mass is 35.5. The number of hydrogen-bond donors (Lipinski definition) is 1. The van der Waals surface area contributed by atoms with Crippen molar-refractivity contribution in [3.05, 3.63) is 29.8 Å². The second-order valence-corrected chi connectivity index (χ2v) is 4.59. The molecule has 5 heteroatoms. The molecule has 1 saturated carbocycles. The number of carbonyl (C=O) groups is 1. The third-order valence-electron chi connectivity index (χ3n) is 3.17. The Kier molecular flexibility index (Phi) is 6.12. The zero-order valence-corrected chi connectivity index (χ0v) is 12.2. The Balaban J connectivity index is 0.00000180. The molecule has 19 heavy (non-hydrogen) atoms. The maximum atomic E-state index is 12.1. The Hall–Kier alpha value is -1.26. The first kappa shape index (κ1) is 15.8. The summed E-state index contributed by atoms with van der Waals surface area (Å²) in [6.07, 6.45) is 2.23. The average molecular weight is 285 g/mol. The van der Waals surface area contributed by atoms with E-state index in [2.05, 4.69) is 5.32 Å². The van der Waals surface area contributed by atoms with Gasteiger partial charge in [-0.3, -0.25) is 4.79 Å². The van der Waals surface area contributed by atoms with E-state index in [0.717, 1.165) is 24.2 Å². The van der Waals surface area contributed by atoms with Gasteiger partial charge in [-0.2, -0.15) is 0 Å². The fraction of sp³-hybridized carbons (Fsp3) is 0.500. The smallest absolute Gasteiger partial charge is 0.237 e. The van der Waals surface area contributed by atoms with Crippen LogP contribution in [0.15, 0.2) is 24.3 Å². The lowest BCUT2D eigenvalue weighted by molar-refractivity contribution is -0.131. The zero-order chi connectivity index (χ0) is 13.0. The quantitative estimate of drug-likeness (QED) is 0.866. The maximum absolute atomic E-state index is 12.1. The largest absolute Gasteiger partial charge is 0.496 e. The number of benzene rings is 1. The standard InChI is InChI=1S/C14H20N2O2.ClH/c1-15-9-14(17)16(12-7-8-12)10-11-5-3-4-6-13(11)18-2;/h3-6,12,15H,7-10H2,1-2H3;1H. The van der Waals surface area contributed by atoms with Crippen molar-refractivity contribution in [2.45, 2.75) is 25.4 Å². The molecule has 0 saturated heterocycles. The minimum absolute atomic E-state index is 0. The number of hydrogen-bond acceptors (Lipinski definition) is 3. The van der Waals surface area contributed by atoms with Crippen LogP contribution in [0.1, 0.15) is 18.4 Å². The van der Waals surface area contributed by atoms with Crippen molar-refractivity contribution in [3.63, 3.8) is 0 Å². The summed E-state index contributed by atoms with van der Waals surface area (Å²) in [6.45, 7) is 1.03. The first-order valence-electron chi connectivity index (χ1n) is 6.32. The van der Waals surface area contributed by atoms with Gasteiger partial charge in [0, 0.05) is 18.2 Å². The van der Waals surface area contributed by atoms with E-state index in [9.17, 15) is 4.79 Å². The van der Waals surface area contributed by atoms with Crippen LogP contribution in [0.2, 0.25) is 0 Å². The molecule has 0 atom stereocenters. The van der Waals surface area contributed by atoms with Crippen LogP contribution in [-0.4, -0.2) is 37.6 Å². The number of nitrogens with one attached hydrogen (secondary N) is 1. The number of amides is 1. The van der Waals surface area contributed by atoms with Gasteiger partial charge < -0.3 is 15.0 Å². The molecule has 0 spiro atoms. The van der Waals surface area contributed by atoms with Crippen LogP contribution >= 0.6 is 12.4 Å². The van der Waals surface area contributed by atoms with Crippen molar-refractivity contribution in [1.29, 1.82) is 0 Å². The van der Waals surface area contributed by atoms with Crippen LogP contribution in [0.25, 0.3) is 0 Å². The van der Waals surface area contributed by atoms with Gasteiger partial charge in [-0.15, -0.1) is 12.4 Å². The predicted molar refractivity (Wildman–Crippen MR) is 77.7 cm³/mol. The lowest BCUT2D eigenvalue weighted by Crippen LogP contribution is -2.38. The summed E-state index contributed by atoms with van der Waals surface area (Å²) in [5.41, 5.74) is 1.07. The lowest BCUT2D eigenvalue weighted by Gasteiger charge is -2.23. The van der Waals surface area contributed by atoms with Crippen LogP contribution in [0.3, 0.4) is 0 Å². The monoisotopic (exact) mass is 284 g/mol. The number of methoxy groups -OCH3 is 1. The molecular formula is C14H21ClN2O2. The molecule has 1 N–H and O–H groups in total. The number of carbonyl (C=O) groups excluding carboxylic acids is 1. The zero-order valence-electron chi connectivity index (χ0n) is 11.4. The van der Waals surface area contributed by atoms with Gasteiger partial charge in [0.1, 0.15) is 5.75 Å². The van der Waals surface area contributed by atoms with Crippen molar-refractivity contribution < 1.29 is 9.53 Å². The molecule has 0 aromatic heterocycles. The summed E-state index contributed by atoms with van der Waals surface area (Å²) in [7, 11) is 3.46. The minimum atomic E-state index is 0. The molecule has 1 amide bonds. The number of rotatable bonds is 6. The summed E-state index contributed by atoms with van der Waals surface area (Å²) in [6, 6.07) is 8.28. The van der Waals surface area contributed by atoms with Crippen molar-refractivity contribution in [1.82, 2.24) is 10.2 Å². The van der Waals surface area contributed by atoms with Crippen LogP contribution in [0.4, 0.5) is 0 Å². The Labute approximate surface area is 120 Å². The lowest BCUT2D eigenvalue weighted by atomic mass is 10.2. The molecule has 1 aromatic carbocycles. The highest BCUT2D eigenvalue weighted by Crippen LogP contribution is 2.30. The third kappa shape index (κ3) is 4.11. The predicted octanol–water partition coefficient (Wildman–Crippen LogP) is 1.83. The first-order valence-corrected chi connectivity index (χ1v) is 6.32. The van der Waals surface area contributed by atoms with Crippen LogP contribution < -0.4 is 10.1 Å². The van der Waals surface area contributed by atoms with Gasteiger partial charge in [0.2, 0.25) is 5.91 Å². The summed E-state index contributed by atoms with van der Waals surface area (Å²) in [5, 5.41) is 2.92. The second kappa shape index (κ2) is 7.36. The van der Waals surface area contributed by atoms with Gasteiger partial charge >= 0.3 is 0 Å². The van der Waals surface area contributed by atoms with E-state index in [1.165, 1.54) is 0 Å². The number of nitrogens with zero attached hydrogens (tertiary/aromatic N) is 1. The van der Waals surface area contributed by atoms with E-state index >= 15 is 0 Å². The molecule has 106 valence electrons. The third-order valence-corrected chi connectivity index (χ3v) is 3.17. The van der Waals surface area contributed by atoms with E-state index in [-0.39, 0.29) is 18.3 Å². The van der Waals surface area contributed by atoms with Gasteiger partial charge in [-0.1, -0.05) is 18.2 Å². The molecular weight excluding hydrogens is 264 g/mol. The van der Waals surface area contributed by atoms with E-state index in [1.807, 2.05) is 29.2 Å². The Morgan fingerprint density at radius 2 is 2.11 bits per heavy atom. The first-order chi connectivity index (χ1) is 8.76. The van der Waals surface area contributed by atoms with Gasteiger partial charge in [0.05, 0.1) is 13.7 Å². The minimum Gasteiger partial charge on any atom is -0.496 e.